The molecule has 2 aromatic carbocycles. The molecule has 2 atom stereocenters. The number of anilines is 1. The van der Waals surface area contributed by atoms with E-state index in [1.807, 2.05) is 0 Å². The average Bonchev–Trinajstić information content (AvgIpc) is 2.79. The lowest BCUT2D eigenvalue weighted by Gasteiger charge is -2.42. The number of nitrogens with two attached hydrogens (primary N) is 1. The first-order chi connectivity index (χ1) is 17.8. The summed E-state index contributed by atoms with van der Waals surface area (Å²) in [5.41, 5.74) is 0.210. The second-order valence-electron chi connectivity index (χ2n) is 8.82. The zero-order valence-corrected chi connectivity index (χ0v) is 20.3. The van der Waals surface area contributed by atoms with Gasteiger partial charge in [-0.3, -0.25) is 4.90 Å². The number of fused-ring (bicyclic) bond motifs is 1. The van der Waals surface area contributed by atoms with Crippen molar-refractivity contribution < 1.29 is 53.8 Å². The van der Waals surface area contributed by atoms with E-state index in [-0.39, 0.29) is 30.3 Å². The molecule has 0 saturated carbocycles. The highest BCUT2D eigenvalue weighted by Gasteiger charge is 2.42. The van der Waals surface area contributed by atoms with E-state index in [1.54, 1.807) is 0 Å². The second-order valence-corrected chi connectivity index (χ2v) is 8.82. The van der Waals surface area contributed by atoms with Crippen LogP contribution in [-0.2, 0) is 29.8 Å². The van der Waals surface area contributed by atoms with E-state index in [2.05, 4.69) is 0 Å². The quantitative estimate of drug-likeness (QED) is 0.397. The molecule has 0 aliphatic carbocycles. The molecule has 3 amide bonds. The monoisotopic (exact) mass is 571 g/mol. The maximum atomic E-state index is 13.5. The highest BCUT2D eigenvalue weighted by atomic mass is 19.4. The van der Waals surface area contributed by atoms with Gasteiger partial charge in [0.05, 0.1) is 35.0 Å². The molecule has 0 aromatic heterocycles. The van der Waals surface area contributed by atoms with E-state index in [4.69, 9.17) is 10.5 Å². The molecule has 0 bridgehead atoms. The lowest BCUT2D eigenvalue weighted by atomic mass is 9.89. The fourth-order valence-electron chi connectivity index (χ4n) is 4.42. The van der Waals surface area contributed by atoms with Crippen LogP contribution in [0, 0.1) is 0 Å². The first-order valence-corrected chi connectivity index (χ1v) is 11.4. The molecule has 2 aromatic rings. The number of carbonyl (C=O) groups is 2. The average molecular weight is 571 g/mol. The predicted octanol–water partition coefficient (Wildman–Crippen LogP) is 7.12. The van der Waals surface area contributed by atoms with Gasteiger partial charge < -0.3 is 15.4 Å². The molecule has 6 nitrogen and oxygen atoms in total. The summed E-state index contributed by atoms with van der Waals surface area (Å²) in [6.07, 6.45) is -16.3. The third-order valence-electron chi connectivity index (χ3n) is 6.11. The molecule has 1 aliphatic heterocycles. The van der Waals surface area contributed by atoms with Crippen LogP contribution in [0.25, 0.3) is 0 Å². The number of primary amides is 1. The summed E-state index contributed by atoms with van der Waals surface area (Å²) in [4.78, 5) is 26.7. The minimum Gasteiger partial charge on any atom is -0.449 e. The molecule has 0 unspecified atom stereocenters. The summed E-state index contributed by atoms with van der Waals surface area (Å²) >= 11 is 0. The normalized spacial score (nSPS) is 18.0. The minimum atomic E-state index is -5.15. The molecule has 0 spiro atoms. The van der Waals surface area contributed by atoms with E-state index < -0.39 is 71.5 Å². The van der Waals surface area contributed by atoms with Crippen molar-refractivity contribution in [3.8, 4) is 0 Å². The van der Waals surface area contributed by atoms with Crippen LogP contribution in [0.3, 0.4) is 0 Å². The van der Waals surface area contributed by atoms with E-state index >= 15 is 0 Å². The van der Waals surface area contributed by atoms with Crippen molar-refractivity contribution in [2.45, 2.75) is 57.4 Å². The van der Waals surface area contributed by atoms with Gasteiger partial charge >= 0.3 is 30.7 Å². The van der Waals surface area contributed by atoms with Gasteiger partial charge in [0.1, 0.15) is 0 Å². The number of benzene rings is 2. The maximum absolute atomic E-state index is 13.5. The zero-order chi connectivity index (χ0) is 29.5. The van der Waals surface area contributed by atoms with Crippen molar-refractivity contribution in [1.29, 1.82) is 0 Å². The largest absolute Gasteiger partial charge is 0.449 e. The van der Waals surface area contributed by atoms with Gasteiger partial charge in [-0.15, -0.1) is 0 Å². The number of rotatable bonds is 4. The van der Waals surface area contributed by atoms with Crippen molar-refractivity contribution >= 4 is 17.8 Å². The molecular weight excluding hydrogens is 549 g/mol. The summed E-state index contributed by atoms with van der Waals surface area (Å²) in [6.45, 7) is 1.96. The van der Waals surface area contributed by atoms with Gasteiger partial charge in [-0.2, -0.15) is 39.5 Å². The molecular formula is C24H22F9N3O3. The summed E-state index contributed by atoms with van der Waals surface area (Å²) in [5.74, 6) is 0. The van der Waals surface area contributed by atoms with Crippen molar-refractivity contribution in [1.82, 2.24) is 4.90 Å². The third kappa shape index (κ3) is 6.50. The molecule has 1 heterocycles. The SMILES string of the molecule is CCOC(=O)N1c2cc(C(F)(F)F)ccc2[C@@H](N(Cc2cc(C(F)(F)F)cc(C(F)(F)F)c2)C(N)=O)C[C@H]1C. The summed E-state index contributed by atoms with van der Waals surface area (Å²) in [7, 11) is 0. The highest BCUT2D eigenvalue weighted by molar-refractivity contribution is 5.90. The number of urea groups is 1. The van der Waals surface area contributed by atoms with Crippen LogP contribution in [0.4, 0.5) is 54.8 Å². The van der Waals surface area contributed by atoms with Gasteiger partial charge in [-0.1, -0.05) is 6.07 Å². The van der Waals surface area contributed by atoms with Crippen molar-refractivity contribution in [3.63, 3.8) is 0 Å². The number of amides is 3. The molecule has 0 saturated heterocycles. The van der Waals surface area contributed by atoms with Crippen LogP contribution in [-0.4, -0.2) is 29.7 Å². The van der Waals surface area contributed by atoms with E-state index in [0.29, 0.717) is 24.3 Å². The van der Waals surface area contributed by atoms with Crippen molar-refractivity contribution in [3.05, 3.63) is 64.2 Å². The van der Waals surface area contributed by atoms with Crippen LogP contribution < -0.4 is 10.6 Å². The molecule has 2 N–H and O–H groups in total. The van der Waals surface area contributed by atoms with E-state index in [1.165, 1.54) is 13.8 Å². The van der Waals surface area contributed by atoms with E-state index in [0.717, 1.165) is 15.9 Å². The Morgan fingerprint density at radius 2 is 1.46 bits per heavy atom. The zero-order valence-electron chi connectivity index (χ0n) is 20.3. The Labute approximate surface area is 216 Å². The Morgan fingerprint density at radius 1 is 0.923 bits per heavy atom. The molecule has 15 heteroatoms. The number of halogens is 9. The summed E-state index contributed by atoms with van der Waals surface area (Å²) in [6, 6.07) is -0.282. The topological polar surface area (TPSA) is 75.9 Å². The van der Waals surface area contributed by atoms with Crippen molar-refractivity contribution in [2.24, 2.45) is 5.73 Å². The van der Waals surface area contributed by atoms with Gasteiger partial charge in [0, 0.05) is 12.6 Å². The molecule has 214 valence electrons. The molecule has 3 rings (SSSR count). The van der Waals surface area contributed by atoms with Gasteiger partial charge in [0.15, 0.2) is 0 Å². The lowest BCUT2D eigenvalue weighted by molar-refractivity contribution is -0.143. The van der Waals surface area contributed by atoms with Gasteiger partial charge in [-0.05, 0) is 61.7 Å². The highest BCUT2D eigenvalue weighted by Crippen LogP contribution is 2.44. The smallest absolute Gasteiger partial charge is 0.416 e. The number of hydrogen-bond acceptors (Lipinski definition) is 3. The first-order valence-electron chi connectivity index (χ1n) is 11.4. The van der Waals surface area contributed by atoms with Crippen LogP contribution >= 0.6 is 0 Å². The van der Waals surface area contributed by atoms with Crippen LogP contribution in [0.1, 0.15) is 54.1 Å². The molecule has 1 aliphatic rings. The number of hydrogen-bond donors (Lipinski definition) is 1. The van der Waals surface area contributed by atoms with Crippen molar-refractivity contribution in [2.75, 3.05) is 11.5 Å². The van der Waals surface area contributed by atoms with E-state index in [9.17, 15) is 49.1 Å². The second kappa shape index (κ2) is 10.5. The minimum absolute atomic E-state index is 0.0315. The molecule has 0 radical (unpaired) electrons. The van der Waals surface area contributed by atoms with Crippen LogP contribution in [0.5, 0.6) is 0 Å². The van der Waals surface area contributed by atoms with Gasteiger partial charge in [0.2, 0.25) is 0 Å². The Balaban J connectivity index is 2.15. The summed E-state index contributed by atoms with van der Waals surface area (Å²) < 4.78 is 125. The van der Waals surface area contributed by atoms with Crippen LogP contribution in [0.15, 0.2) is 36.4 Å². The molecule has 39 heavy (non-hydrogen) atoms. The van der Waals surface area contributed by atoms with Gasteiger partial charge in [-0.25, -0.2) is 9.59 Å². The Kier molecular flexibility index (Phi) is 8.04. The summed E-state index contributed by atoms with van der Waals surface area (Å²) in [5, 5.41) is 0. The number of alkyl halides is 9. The Bertz CT molecular complexity index is 1210. The third-order valence-corrected chi connectivity index (χ3v) is 6.11. The predicted molar refractivity (Wildman–Crippen MR) is 119 cm³/mol. The van der Waals surface area contributed by atoms with Crippen LogP contribution in [0.2, 0.25) is 0 Å². The number of carbonyl (C=O) groups excluding carboxylic acids is 2. The fourth-order valence-corrected chi connectivity index (χ4v) is 4.42. The Hall–Kier alpha value is -3.65. The molecule has 0 fully saturated rings. The Morgan fingerprint density at radius 3 is 1.92 bits per heavy atom. The fraction of sp³-hybridized carbons (Fsp3) is 0.417. The lowest BCUT2D eigenvalue weighted by Crippen LogP contribution is -2.48. The number of nitrogens with zero attached hydrogens (tertiary/aromatic N) is 2. The standard InChI is InChI=1S/C24H22F9N3O3/c1-3-39-21(38)36-12(2)6-18(17-5-4-14(10-19(17)36)22(25,26)27)35(20(34)37)11-13-7-15(23(28,29)30)9-16(8-13)24(31,32)33/h4-5,7-10,12,18H,3,6,11H2,1-2H3,(H2,34,37)/t12-,18+/m1/s1. The first kappa shape index (κ1) is 29.9. The number of ether oxygens (including phenoxy) is 1. The van der Waals surface area contributed by atoms with Gasteiger partial charge in [0.25, 0.3) is 0 Å². The maximum Gasteiger partial charge on any atom is 0.416 e.